The fraction of sp³-hybridized carbons (Fsp3) is 0.889. The van der Waals surface area contributed by atoms with Crippen molar-refractivity contribution in [1.29, 1.82) is 0 Å². The molecular weight excluding hydrogens is 246 g/mol. The normalized spacial score (nSPS) is 33.6. The molecule has 0 amide bonds. The molecule has 1 aliphatic rings. The SMILES string of the molecule is CC(C)C(=O)OC1(F)CCOC1(F)CO.Cl. The average Bonchev–Trinajstić information content (AvgIpc) is 2.43. The van der Waals surface area contributed by atoms with Crippen LogP contribution in [0.1, 0.15) is 20.3 Å². The number of aliphatic hydroxyl groups excluding tert-OH is 1. The molecule has 1 aliphatic heterocycles. The summed E-state index contributed by atoms with van der Waals surface area (Å²) >= 11 is 0. The number of halogens is 3. The zero-order valence-electron chi connectivity index (χ0n) is 9.03. The van der Waals surface area contributed by atoms with Crippen molar-refractivity contribution in [3.8, 4) is 0 Å². The van der Waals surface area contributed by atoms with Gasteiger partial charge in [-0.05, 0) is 0 Å². The summed E-state index contributed by atoms with van der Waals surface area (Å²) in [6.45, 7) is 1.58. The van der Waals surface area contributed by atoms with Gasteiger partial charge < -0.3 is 14.6 Å². The van der Waals surface area contributed by atoms with Gasteiger partial charge in [0.2, 0.25) is 0 Å². The molecule has 4 nitrogen and oxygen atoms in total. The van der Waals surface area contributed by atoms with Gasteiger partial charge in [0.15, 0.2) is 0 Å². The van der Waals surface area contributed by atoms with Crippen LogP contribution in [0.4, 0.5) is 8.78 Å². The minimum Gasteiger partial charge on any atom is -0.422 e. The van der Waals surface area contributed by atoms with E-state index in [0.717, 1.165) is 0 Å². The van der Waals surface area contributed by atoms with E-state index in [1.807, 2.05) is 0 Å². The maximum atomic E-state index is 13.9. The molecule has 0 bridgehead atoms. The first-order chi connectivity index (χ1) is 6.84. The molecule has 0 radical (unpaired) electrons. The van der Waals surface area contributed by atoms with Gasteiger partial charge in [0, 0.05) is 6.42 Å². The lowest BCUT2D eigenvalue weighted by molar-refractivity contribution is -0.283. The van der Waals surface area contributed by atoms with Crippen molar-refractivity contribution in [2.24, 2.45) is 5.92 Å². The maximum absolute atomic E-state index is 13.9. The van der Waals surface area contributed by atoms with Crippen LogP contribution in [-0.2, 0) is 14.3 Å². The zero-order chi connectivity index (χ0) is 11.7. The third kappa shape index (κ3) is 2.61. The van der Waals surface area contributed by atoms with Gasteiger partial charge in [0.1, 0.15) is 6.61 Å². The van der Waals surface area contributed by atoms with Gasteiger partial charge in [-0.25, -0.2) is 4.39 Å². The largest absolute Gasteiger partial charge is 0.422 e. The Morgan fingerprint density at radius 3 is 2.56 bits per heavy atom. The second-order valence-electron chi connectivity index (χ2n) is 3.79. The standard InChI is InChI=1S/C9H14F2O4.ClH/c1-6(2)7(13)15-8(10)3-4-14-9(8,11)5-12;/h6,12H,3-5H2,1-2H3;1H. The summed E-state index contributed by atoms with van der Waals surface area (Å²) in [6.07, 6.45) is -0.414. The van der Waals surface area contributed by atoms with E-state index in [4.69, 9.17) is 5.11 Å². The van der Waals surface area contributed by atoms with Crippen LogP contribution in [-0.4, -0.2) is 36.0 Å². The molecule has 0 spiro atoms. The molecule has 96 valence electrons. The van der Waals surface area contributed by atoms with E-state index in [2.05, 4.69) is 9.47 Å². The van der Waals surface area contributed by atoms with Gasteiger partial charge in [-0.1, -0.05) is 13.8 Å². The molecule has 1 N–H and O–H groups in total. The first-order valence-corrected chi connectivity index (χ1v) is 4.70. The minimum absolute atomic E-state index is 0. The van der Waals surface area contributed by atoms with Crippen molar-refractivity contribution in [2.45, 2.75) is 32.0 Å². The summed E-state index contributed by atoms with van der Waals surface area (Å²) in [5.74, 6) is -7.26. The zero-order valence-corrected chi connectivity index (χ0v) is 9.85. The fourth-order valence-corrected chi connectivity index (χ4v) is 1.21. The van der Waals surface area contributed by atoms with Crippen molar-refractivity contribution < 1.29 is 28.2 Å². The van der Waals surface area contributed by atoms with E-state index in [1.54, 1.807) is 0 Å². The molecule has 0 aliphatic carbocycles. The summed E-state index contributed by atoms with van der Waals surface area (Å²) in [6, 6.07) is 0. The van der Waals surface area contributed by atoms with Crippen molar-refractivity contribution in [2.75, 3.05) is 13.2 Å². The van der Waals surface area contributed by atoms with Gasteiger partial charge in [0.25, 0.3) is 0 Å². The van der Waals surface area contributed by atoms with Crippen LogP contribution >= 0.6 is 12.4 Å². The molecule has 1 rings (SSSR count). The lowest BCUT2D eigenvalue weighted by Gasteiger charge is -2.30. The Labute approximate surface area is 98.3 Å². The highest BCUT2D eigenvalue weighted by Gasteiger charge is 2.62. The van der Waals surface area contributed by atoms with Crippen molar-refractivity contribution in [3.63, 3.8) is 0 Å². The molecule has 2 unspecified atom stereocenters. The summed E-state index contributed by atoms with van der Waals surface area (Å²) in [5.41, 5.74) is 0. The summed E-state index contributed by atoms with van der Waals surface area (Å²) < 4.78 is 36.3. The van der Waals surface area contributed by atoms with Gasteiger partial charge in [-0.3, -0.25) is 4.79 Å². The predicted octanol–water partition coefficient (Wildman–Crippen LogP) is 1.35. The maximum Gasteiger partial charge on any atom is 0.313 e. The van der Waals surface area contributed by atoms with Crippen molar-refractivity contribution in [1.82, 2.24) is 0 Å². The minimum atomic E-state index is -2.95. The molecule has 1 saturated heterocycles. The second-order valence-corrected chi connectivity index (χ2v) is 3.79. The number of alkyl halides is 2. The second kappa shape index (κ2) is 5.25. The topological polar surface area (TPSA) is 55.8 Å². The van der Waals surface area contributed by atoms with Crippen LogP contribution < -0.4 is 0 Å². The number of esters is 1. The fourth-order valence-electron chi connectivity index (χ4n) is 1.21. The summed E-state index contributed by atoms with van der Waals surface area (Å²) in [5, 5.41) is 8.68. The summed E-state index contributed by atoms with van der Waals surface area (Å²) in [7, 11) is 0. The predicted molar refractivity (Wildman–Crippen MR) is 53.5 cm³/mol. The number of hydrogen-bond donors (Lipinski definition) is 1. The highest BCUT2D eigenvalue weighted by molar-refractivity contribution is 5.85. The number of aliphatic hydroxyl groups is 1. The van der Waals surface area contributed by atoms with Crippen molar-refractivity contribution in [3.05, 3.63) is 0 Å². The van der Waals surface area contributed by atoms with Crippen LogP contribution in [0.2, 0.25) is 0 Å². The lowest BCUT2D eigenvalue weighted by Crippen LogP contribution is -2.50. The molecule has 0 saturated carbocycles. The molecule has 16 heavy (non-hydrogen) atoms. The monoisotopic (exact) mass is 260 g/mol. The molecular formula is C9H15ClF2O4. The van der Waals surface area contributed by atoms with E-state index >= 15 is 0 Å². The summed E-state index contributed by atoms with van der Waals surface area (Å²) in [4.78, 5) is 11.1. The van der Waals surface area contributed by atoms with Crippen LogP contribution in [0, 0.1) is 5.92 Å². The number of rotatable bonds is 3. The molecule has 0 aromatic carbocycles. The third-order valence-corrected chi connectivity index (χ3v) is 2.25. The Morgan fingerprint density at radius 2 is 2.12 bits per heavy atom. The van der Waals surface area contributed by atoms with E-state index in [9.17, 15) is 13.6 Å². The van der Waals surface area contributed by atoms with Crippen molar-refractivity contribution >= 4 is 18.4 Å². The van der Waals surface area contributed by atoms with E-state index in [1.165, 1.54) is 13.8 Å². The molecule has 1 fully saturated rings. The molecule has 2 atom stereocenters. The van der Waals surface area contributed by atoms with E-state index in [-0.39, 0.29) is 19.0 Å². The number of carbonyl (C=O) groups excluding carboxylic acids is 1. The first-order valence-electron chi connectivity index (χ1n) is 4.70. The van der Waals surface area contributed by atoms with Gasteiger partial charge >= 0.3 is 17.7 Å². The van der Waals surface area contributed by atoms with E-state index in [0.29, 0.717) is 0 Å². The molecule has 7 heteroatoms. The smallest absolute Gasteiger partial charge is 0.313 e. The molecule has 0 aromatic rings. The van der Waals surface area contributed by atoms with Gasteiger partial charge in [0.05, 0.1) is 12.5 Å². The Bertz CT molecular complexity index is 264. The molecule has 1 heterocycles. The average molecular weight is 261 g/mol. The Morgan fingerprint density at radius 1 is 1.56 bits per heavy atom. The Kier molecular flexibility index (Phi) is 5.10. The lowest BCUT2D eigenvalue weighted by atomic mass is 10.1. The van der Waals surface area contributed by atoms with Crippen LogP contribution in [0.15, 0.2) is 0 Å². The van der Waals surface area contributed by atoms with Crippen LogP contribution in [0.3, 0.4) is 0 Å². The quantitative estimate of drug-likeness (QED) is 0.779. The Hall–Kier alpha value is -0.460. The Balaban J connectivity index is 0.00000225. The van der Waals surface area contributed by atoms with E-state index < -0.39 is 36.6 Å². The van der Waals surface area contributed by atoms with Gasteiger partial charge in [-0.15, -0.1) is 12.4 Å². The van der Waals surface area contributed by atoms with Crippen LogP contribution in [0.25, 0.3) is 0 Å². The number of carbonyl (C=O) groups is 1. The highest BCUT2D eigenvalue weighted by Crippen LogP contribution is 2.41. The number of hydrogen-bond acceptors (Lipinski definition) is 4. The van der Waals surface area contributed by atoms with Crippen LogP contribution in [0.5, 0.6) is 0 Å². The van der Waals surface area contributed by atoms with Gasteiger partial charge in [-0.2, -0.15) is 4.39 Å². The highest BCUT2D eigenvalue weighted by atomic mass is 35.5. The molecule has 0 aromatic heterocycles. The first kappa shape index (κ1) is 15.5. The number of ether oxygens (including phenoxy) is 2. The third-order valence-electron chi connectivity index (χ3n) is 2.25.